The number of rotatable bonds is 7. The number of hydrogen-bond donors (Lipinski definition) is 2. The third kappa shape index (κ3) is 4.82. The lowest BCUT2D eigenvalue weighted by Crippen LogP contribution is -2.47. The molecule has 1 unspecified atom stereocenters. The Morgan fingerprint density at radius 2 is 2.09 bits per heavy atom. The van der Waals surface area contributed by atoms with E-state index >= 15 is 0 Å². The SMILES string of the molecule is COC[C@@]1(N)CCN(c2c(C(=O)NC(C)C3CC3)cnc(C#N)c2-c2cc(F)cc(F)c2)C1. The van der Waals surface area contributed by atoms with Gasteiger partial charge in [-0.1, -0.05) is 0 Å². The van der Waals surface area contributed by atoms with E-state index in [2.05, 4.69) is 10.3 Å². The van der Waals surface area contributed by atoms with Crippen LogP contribution in [0.3, 0.4) is 0 Å². The van der Waals surface area contributed by atoms with Crippen LogP contribution in [0.5, 0.6) is 0 Å². The van der Waals surface area contributed by atoms with Crippen molar-refractivity contribution in [2.75, 3.05) is 31.7 Å². The van der Waals surface area contributed by atoms with Gasteiger partial charge in [0.25, 0.3) is 5.91 Å². The average Bonchev–Trinajstić information content (AvgIpc) is 3.54. The minimum atomic E-state index is -0.786. The Labute approximate surface area is 191 Å². The van der Waals surface area contributed by atoms with E-state index in [1.54, 1.807) is 7.11 Å². The zero-order valence-electron chi connectivity index (χ0n) is 18.7. The van der Waals surface area contributed by atoms with Crippen LogP contribution < -0.4 is 16.0 Å². The molecule has 2 heterocycles. The number of pyridine rings is 1. The van der Waals surface area contributed by atoms with Crippen LogP contribution in [0.15, 0.2) is 24.4 Å². The fraction of sp³-hybridized carbons (Fsp3) is 0.458. The first-order chi connectivity index (χ1) is 15.7. The normalized spacial score (nSPS) is 21.0. The number of nitrogens with zero attached hydrogens (tertiary/aromatic N) is 3. The van der Waals surface area contributed by atoms with Gasteiger partial charge in [0.1, 0.15) is 23.4 Å². The molecule has 1 aromatic heterocycles. The number of carbonyl (C=O) groups excluding carboxylic acids is 1. The quantitative estimate of drug-likeness (QED) is 0.665. The molecule has 0 bridgehead atoms. The Balaban J connectivity index is 1.86. The maximum atomic E-state index is 14.1. The van der Waals surface area contributed by atoms with E-state index in [0.29, 0.717) is 37.7 Å². The molecule has 1 saturated heterocycles. The molecule has 33 heavy (non-hydrogen) atoms. The summed E-state index contributed by atoms with van der Waals surface area (Å²) in [6.45, 7) is 3.09. The van der Waals surface area contributed by atoms with E-state index in [9.17, 15) is 18.8 Å². The van der Waals surface area contributed by atoms with Crippen LogP contribution in [0.4, 0.5) is 14.5 Å². The number of nitrogens with one attached hydrogen (secondary N) is 1. The van der Waals surface area contributed by atoms with Crippen molar-refractivity contribution in [1.82, 2.24) is 10.3 Å². The number of nitrogens with two attached hydrogens (primary N) is 1. The number of halogens is 2. The van der Waals surface area contributed by atoms with Crippen molar-refractivity contribution >= 4 is 11.6 Å². The standard InChI is InChI=1S/C24H27F2N5O2/c1-14(15-3-4-15)30-23(32)19-11-29-20(10-27)21(16-7-17(25)9-18(26)8-16)22(19)31-6-5-24(28,12-31)13-33-2/h7-9,11,14-15H,3-6,12-13,28H2,1-2H3,(H,30,32)/t14?,24-/m1/s1. The summed E-state index contributed by atoms with van der Waals surface area (Å²) in [5.41, 5.74) is 6.79. The van der Waals surface area contributed by atoms with Gasteiger partial charge in [0.05, 0.1) is 23.4 Å². The molecule has 1 aliphatic carbocycles. The molecule has 1 saturated carbocycles. The average molecular weight is 456 g/mol. The van der Waals surface area contributed by atoms with Crippen molar-refractivity contribution in [2.45, 2.75) is 37.8 Å². The second-order valence-electron chi connectivity index (χ2n) is 9.08. The number of aromatic nitrogens is 1. The molecule has 0 radical (unpaired) electrons. The van der Waals surface area contributed by atoms with Crippen molar-refractivity contribution < 1.29 is 18.3 Å². The Morgan fingerprint density at radius 1 is 1.39 bits per heavy atom. The zero-order chi connectivity index (χ0) is 23.8. The molecule has 0 spiro atoms. The summed E-state index contributed by atoms with van der Waals surface area (Å²) >= 11 is 0. The summed E-state index contributed by atoms with van der Waals surface area (Å²) in [5.74, 6) is -1.48. The van der Waals surface area contributed by atoms with E-state index in [1.165, 1.54) is 6.20 Å². The number of hydrogen-bond acceptors (Lipinski definition) is 6. The highest BCUT2D eigenvalue weighted by atomic mass is 19.1. The molecule has 4 rings (SSSR count). The fourth-order valence-corrected chi connectivity index (χ4v) is 4.54. The number of nitriles is 1. The van der Waals surface area contributed by atoms with Gasteiger partial charge in [-0.05, 0) is 49.8 Å². The first kappa shape index (κ1) is 23.1. The van der Waals surface area contributed by atoms with Crippen LogP contribution in [-0.4, -0.2) is 49.3 Å². The molecule has 3 N–H and O–H groups in total. The van der Waals surface area contributed by atoms with E-state index in [-0.39, 0.29) is 34.3 Å². The maximum Gasteiger partial charge on any atom is 0.255 e. The molecule has 2 aromatic rings. The van der Waals surface area contributed by atoms with Crippen LogP contribution in [0.1, 0.15) is 42.2 Å². The second-order valence-corrected chi connectivity index (χ2v) is 9.08. The van der Waals surface area contributed by atoms with E-state index in [1.807, 2.05) is 17.9 Å². The van der Waals surface area contributed by atoms with Crippen LogP contribution in [0.2, 0.25) is 0 Å². The first-order valence-corrected chi connectivity index (χ1v) is 11.0. The lowest BCUT2D eigenvalue weighted by atomic mass is 9.97. The van der Waals surface area contributed by atoms with Crippen LogP contribution in [0.25, 0.3) is 11.1 Å². The molecule has 174 valence electrons. The highest BCUT2D eigenvalue weighted by Crippen LogP contribution is 2.40. The number of methoxy groups -OCH3 is 1. The van der Waals surface area contributed by atoms with Crippen molar-refractivity contribution in [3.8, 4) is 17.2 Å². The summed E-state index contributed by atoms with van der Waals surface area (Å²) in [4.78, 5) is 19.4. The highest BCUT2D eigenvalue weighted by Gasteiger charge is 2.38. The monoisotopic (exact) mass is 455 g/mol. The van der Waals surface area contributed by atoms with Crippen LogP contribution >= 0.6 is 0 Å². The predicted octanol–water partition coefficient (Wildman–Crippen LogP) is 2.98. The minimum absolute atomic E-state index is 0.0169. The third-order valence-corrected chi connectivity index (χ3v) is 6.37. The van der Waals surface area contributed by atoms with Crippen LogP contribution in [0, 0.1) is 28.9 Å². The molecular weight excluding hydrogens is 428 g/mol. The van der Waals surface area contributed by atoms with Gasteiger partial charge in [0.15, 0.2) is 0 Å². The maximum absolute atomic E-state index is 14.1. The summed E-state index contributed by atoms with van der Waals surface area (Å²) in [6.07, 6.45) is 4.07. The molecule has 1 aromatic carbocycles. The molecule has 1 amide bonds. The fourth-order valence-electron chi connectivity index (χ4n) is 4.54. The van der Waals surface area contributed by atoms with Gasteiger partial charge in [-0.2, -0.15) is 5.26 Å². The topological polar surface area (TPSA) is 104 Å². The van der Waals surface area contributed by atoms with Gasteiger partial charge >= 0.3 is 0 Å². The molecule has 7 nitrogen and oxygen atoms in total. The van der Waals surface area contributed by atoms with Gasteiger partial charge in [-0.15, -0.1) is 0 Å². The summed E-state index contributed by atoms with van der Waals surface area (Å²) in [7, 11) is 1.57. The predicted molar refractivity (Wildman–Crippen MR) is 120 cm³/mol. The van der Waals surface area contributed by atoms with E-state index in [0.717, 1.165) is 31.0 Å². The number of ether oxygens (including phenoxy) is 1. The molecule has 2 fully saturated rings. The first-order valence-electron chi connectivity index (χ1n) is 11.0. The lowest BCUT2D eigenvalue weighted by molar-refractivity contribution is 0.0936. The Kier molecular flexibility index (Phi) is 6.32. The van der Waals surface area contributed by atoms with E-state index in [4.69, 9.17) is 10.5 Å². The molecule has 9 heteroatoms. The van der Waals surface area contributed by atoms with E-state index < -0.39 is 17.2 Å². The van der Waals surface area contributed by atoms with Crippen molar-refractivity contribution in [2.24, 2.45) is 11.7 Å². The van der Waals surface area contributed by atoms with Gasteiger partial charge in [-0.25, -0.2) is 13.8 Å². The summed E-state index contributed by atoms with van der Waals surface area (Å²) in [5, 5.41) is 12.8. The second kappa shape index (κ2) is 9.04. The molecular formula is C24H27F2N5O2. The molecule has 2 atom stereocenters. The molecule has 1 aliphatic heterocycles. The van der Waals surface area contributed by atoms with Crippen molar-refractivity contribution in [3.05, 3.63) is 47.3 Å². The summed E-state index contributed by atoms with van der Waals surface area (Å²) in [6, 6.07) is 5.03. The van der Waals surface area contributed by atoms with Crippen LogP contribution in [-0.2, 0) is 4.74 Å². The highest BCUT2D eigenvalue weighted by molar-refractivity contribution is 6.04. The smallest absolute Gasteiger partial charge is 0.255 e. The third-order valence-electron chi connectivity index (χ3n) is 6.37. The van der Waals surface area contributed by atoms with Gasteiger partial charge in [-0.3, -0.25) is 4.79 Å². The largest absolute Gasteiger partial charge is 0.383 e. The Morgan fingerprint density at radius 3 is 2.70 bits per heavy atom. The molecule has 2 aliphatic rings. The zero-order valence-corrected chi connectivity index (χ0v) is 18.7. The number of carbonyl (C=O) groups is 1. The van der Waals surface area contributed by atoms with Gasteiger partial charge < -0.3 is 20.7 Å². The Bertz CT molecular complexity index is 1090. The number of benzene rings is 1. The number of anilines is 1. The van der Waals surface area contributed by atoms with Gasteiger partial charge in [0.2, 0.25) is 0 Å². The Hall–Kier alpha value is -3.09. The minimum Gasteiger partial charge on any atom is -0.383 e. The number of amides is 1. The van der Waals surface area contributed by atoms with Gasteiger partial charge in [0, 0.05) is 44.1 Å². The lowest BCUT2D eigenvalue weighted by Gasteiger charge is -2.28. The van der Waals surface area contributed by atoms with Crippen molar-refractivity contribution in [1.29, 1.82) is 5.26 Å². The summed E-state index contributed by atoms with van der Waals surface area (Å²) < 4.78 is 33.5. The van der Waals surface area contributed by atoms with Crippen molar-refractivity contribution in [3.63, 3.8) is 0 Å².